The molecule has 2 aromatic rings. The zero-order chi connectivity index (χ0) is 21.9. The molecule has 1 amide bonds. The monoisotopic (exact) mass is 435 g/mol. The lowest BCUT2D eigenvalue weighted by molar-refractivity contribution is -0.197. The number of pyridine rings is 1. The minimum atomic E-state index is -4.18. The van der Waals surface area contributed by atoms with Crippen molar-refractivity contribution in [1.29, 1.82) is 0 Å². The standard InChI is InChI=1S/C21H24F3N5O2/c1-27-10-16-15(20(27)30)7-18(26-19(16)12-5-14(6-12)21(22,23)24)29-3-4-31-17(11-29)13-8-25-28(2)9-13/h7-9,12,14,17H,3-6,10-11H2,1-2H3/t12-,14-,17-/m0/s1. The Labute approximate surface area is 177 Å². The summed E-state index contributed by atoms with van der Waals surface area (Å²) >= 11 is 0. The van der Waals surface area contributed by atoms with Gasteiger partial charge >= 0.3 is 6.18 Å². The van der Waals surface area contributed by atoms with Crippen LogP contribution in [-0.4, -0.2) is 58.5 Å². The fourth-order valence-electron chi connectivity index (χ4n) is 4.72. The number of hydrogen-bond acceptors (Lipinski definition) is 5. The summed E-state index contributed by atoms with van der Waals surface area (Å²) in [5.74, 6) is -1.03. The Balaban J connectivity index is 1.45. The van der Waals surface area contributed by atoms with E-state index in [0.29, 0.717) is 43.3 Å². The first-order valence-electron chi connectivity index (χ1n) is 10.4. The summed E-state index contributed by atoms with van der Waals surface area (Å²) in [5.41, 5.74) is 2.94. The second-order valence-corrected chi connectivity index (χ2v) is 8.71. The molecule has 1 saturated heterocycles. The highest BCUT2D eigenvalue weighted by molar-refractivity contribution is 5.99. The lowest BCUT2D eigenvalue weighted by Gasteiger charge is -2.38. The first kappa shape index (κ1) is 20.3. The van der Waals surface area contributed by atoms with Crippen LogP contribution in [0.1, 0.15) is 52.0 Å². The highest BCUT2D eigenvalue weighted by atomic mass is 19.4. The first-order chi connectivity index (χ1) is 14.7. The molecule has 0 unspecified atom stereocenters. The third-order valence-corrected chi connectivity index (χ3v) is 6.59. The van der Waals surface area contributed by atoms with E-state index >= 15 is 0 Å². The minimum Gasteiger partial charge on any atom is -0.370 e. The van der Waals surface area contributed by atoms with Gasteiger partial charge in [-0.05, 0) is 18.9 Å². The second-order valence-electron chi connectivity index (χ2n) is 8.71. The van der Waals surface area contributed by atoms with Crippen molar-refractivity contribution in [2.45, 2.75) is 37.6 Å². The molecule has 4 heterocycles. The van der Waals surface area contributed by atoms with Gasteiger partial charge in [0.2, 0.25) is 0 Å². The van der Waals surface area contributed by atoms with Crippen molar-refractivity contribution in [2.75, 3.05) is 31.6 Å². The van der Waals surface area contributed by atoms with Gasteiger partial charge in [-0.15, -0.1) is 0 Å². The number of aryl methyl sites for hydroxylation is 1. The van der Waals surface area contributed by atoms with Gasteiger partial charge in [0.15, 0.2) is 0 Å². The number of carbonyl (C=O) groups excluding carboxylic acids is 1. The number of rotatable bonds is 3. The van der Waals surface area contributed by atoms with Crippen LogP contribution in [0.4, 0.5) is 19.0 Å². The Kier molecular flexibility index (Phi) is 4.72. The SMILES string of the molecule is CN1Cc2c(cc(N3CCO[C@H](c4cnn(C)c4)C3)nc2[C@H]2C[C@H](C(F)(F)F)C2)C1=O. The van der Waals surface area contributed by atoms with Gasteiger partial charge < -0.3 is 14.5 Å². The van der Waals surface area contributed by atoms with Crippen LogP contribution in [0.2, 0.25) is 0 Å². The summed E-state index contributed by atoms with van der Waals surface area (Å²) in [6.07, 6.45) is -0.625. The Hall–Kier alpha value is -2.62. The average Bonchev–Trinajstić information content (AvgIpc) is 3.24. The van der Waals surface area contributed by atoms with Gasteiger partial charge in [0.05, 0.1) is 30.0 Å². The van der Waals surface area contributed by atoms with Gasteiger partial charge in [0.1, 0.15) is 11.9 Å². The molecule has 0 aromatic carbocycles. The quantitative estimate of drug-likeness (QED) is 0.742. The van der Waals surface area contributed by atoms with Crippen molar-refractivity contribution in [3.8, 4) is 0 Å². The van der Waals surface area contributed by atoms with E-state index < -0.39 is 12.1 Å². The topological polar surface area (TPSA) is 63.5 Å². The number of ether oxygens (including phenoxy) is 1. The third kappa shape index (κ3) is 3.56. The number of hydrogen-bond donors (Lipinski definition) is 0. The molecule has 0 N–H and O–H groups in total. The third-order valence-electron chi connectivity index (χ3n) is 6.59. The van der Waals surface area contributed by atoms with E-state index in [9.17, 15) is 18.0 Å². The Morgan fingerprint density at radius 3 is 2.68 bits per heavy atom. The van der Waals surface area contributed by atoms with Crippen molar-refractivity contribution in [2.24, 2.45) is 13.0 Å². The lowest BCUT2D eigenvalue weighted by Crippen LogP contribution is -2.39. The average molecular weight is 435 g/mol. The molecule has 1 saturated carbocycles. The summed E-state index contributed by atoms with van der Waals surface area (Å²) in [7, 11) is 3.55. The number of carbonyl (C=O) groups is 1. The van der Waals surface area contributed by atoms with Gasteiger partial charge in [-0.25, -0.2) is 4.98 Å². The largest absolute Gasteiger partial charge is 0.391 e. The van der Waals surface area contributed by atoms with Crippen LogP contribution >= 0.6 is 0 Å². The van der Waals surface area contributed by atoms with Gasteiger partial charge in [-0.1, -0.05) is 0 Å². The van der Waals surface area contributed by atoms with E-state index in [2.05, 4.69) is 10.00 Å². The molecule has 0 bridgehead atoms. The number of aromatic nitrogens is 3. The van der Waals surface area contributed by atoms with E-state index in [1.54, 1.807) is 28.9 Å². The highest BCUT2D eigenvalue weighted by Gasteiger charge is 2.49. The minimum absolute atomic E-state index is 0.0335. The fraction of sp³-hybridized carbons (Fsp3) is 0.571. The second kappa shape index (κ2) is 7.22. The molecule has 2 fully saturated rings. The summed E-state index contributed by atoms with van der Waals surface area (Å²) in [5, 5.41) is 4.20. The number of anilines is 1. The van der Waals surface area contributed by atoms with Crippen LogP contribution in [0, 0.1) is 5.92 Å². The smallest absolute Gasteiger partial charge is 0.370 e. The van der Waals surface area contributed by atoms with Crippen LogP contribution in [0.25, 0.3) is 0 Å². The molecule has 2 aromatic heterocycles. The molecule has 10 heteroatoms. The molecule has 1 atom stereocenters. The summed E-state index contributed by atoms with van der Waals surface area (Å²) in [6.45, 7) is 2.02. The highest BCUT2D eigenvalue weighted by Crippen LogP contribution is 2.51. The summed E-state index contributed by atoms with van der Waals surface area (Å²) < 4.78 is 46.8. The molecule has 0 radical (unpaired) electrons. The van der Waals surface area contributed by atoms with Gasteiger partial charge in [0, 0.05) is 57.0 Å². The van der Waals surface area contributed by atoms with E-state index in [1.165, 1.54) is 0 Å². The number of nitrogens with zero attached hydrogens (tertiary/aromatic N) is 5. The summed E-state index contributed by atoms with van der Waals surface area (Å²) in [6, 6.07) is 1.79. The number of halogens is 3. The van der Waals surface area contributed by atoms with Gasteiger partial charge in [-0.3, -0.25) is 9.48 Å². The molecule has 7 nitrogen and oxygen atoms in total. The van der Waals surface area contributed by atoms with Crippen molar-refractivity contribution < 1.29 is 22.7 Å². The fourth-order valence-corrected chi connectivity index (χ4v) is 4.72. The summed E-state index contributed by atoms with van der Waals surface area (Å²) in [4.78, 5) is 21.1. The zero-order valence-corrected chi connectivity index (χ0v) is 17.4. The van der Waals surface area contributed by atoms with Crippen molar-refractivity contribution in [1.82, 2.24) is 19.7 Å². The van der Waals surface area contributed by atoms with Crippen LogP contribution in [0.15, 0.2) is 18.5 Å². The van der Waals surface area contributed by atoms with E-state index in [0.717, 1.165) is 11.1 Å². The van der Waals surface area contributed by atoms with Gasteiger partial charge in [0.25, 0.3) is 5.91 Å². The molecule has 31 heavy (non-hydrogen) atoms. The van der Waals surface area contributed by atoms with Crippen molar-refractivity contribution in [3.05, 3.63) is 40.8 Å². The van der Waals surface area contributed by atoms with Crippen molar-refractivity contribution >= 4 is 11.7 Å². The Morgan fingerprint density at radius 1 is 1.23 bits per heavy atom. The predicted molar refractivity (Wildman–Crippen MR) is 106 cm³/mol. The van der Waals surface area contributed by atoms with Gasteiger partial charge in [-0.2, -0.15) is 18.3 Å². The molecule has 3 aliphatic rings. The Bertz CT molecular complexity index is 1010. The number of morpholine rings is 1. The molecule has 1 aliphatic carbocycles. The maximum atomic E-state index is 13.1. The normalized spacial score (nSPS) is 26.2. The molecule has 2 aliphatic heterocycles. The van der Waals surface area contributed by atoms with Crippen LogP contribution in [0.3, 0.4) is 0 Å². The number of alkyl halides is 3. The first-order valence-corrected chi connectivity index (χ1v) is 10.4. The predicted octanol–water partition coefficient (Wildman–Crippen LogP) is 3.03. The Morgan fingerprint density at radius 2 is 2.00 bits per heavy atom. The number of fused-ring (bicyclic) bond motifs is 1. The lowest BCUT2D eigenvalue weighted by atomic mass is 9.71. The van der Waals surface area contributed by atoms with Crippen LogP contribution in [-0.2, 0) is 18.3 Å². The molecular formula is C21H24F3N5O2. The van der Waals surface area contributed by atoms with E-state index in [1.807, 2.05) is 13.2 Å². The zero-order valence-electron chi connectivity index (χ0n) is 17.4. The molecule has 5 rings (SSSR count). The number of amides is 1. The van der Waals surface area contributed by atoms with Crippen LogP contribution in [0.5, 0.6) is 0 Å². The van der Waals surface area contributed by atoms with Crippen molar-refractivity contribution in [3.63, 3.8) is 0 Å². The molecular weight excluding hydrogens is 411 g/mol. The maximum absolute atomic E-state index is 13.1. The van der Waals surface area contributed by atoms with E-state index in [-0.39, 0.29) is 30.8 Å². The molecule has 166 valence electrons. The van der Waals surface area contributed by atoms with E-state index in [4.69, 9.17) is 9.72 Å². The van der Waals surface area contributed by atoms with Crippen LogP contribution < -0.4 is 4.90 Å². The maximum Gasteiger partial charge on any atom is 0.391 e. The molecule has 0 spiro atoms.